The van der Waals surface area contributed by atoms with Gasteiger partial charge in [-0.15, -0.1) is 0 Å². The fraction of sp³-hybridized carbons (Fsp3) is 0.627. The molecule has 1 unspecified atom stereocenters. The lowest BCUT2D eigenvalue weighted by Gasteiger charge is -2.18. The molecule has 0 aliphatic rings. The second kappa shape index (κ2) is 60.1. The molecule has 0 aromatic rings. The van der Waals surface area contributed by atoms with E-state index in [0.29, 0.717) is 12.8 Å². The first-order valence-corrected chi connectivity index (χ1v) is 29.7. The molecule has 0 fully saturated rings. The zero-order valence-electron chi connectivity index (χ0n) is 47.1. The Labute approximate surface area is 449 Å². The van der Waals surface area contributed by atoms with Crippen LogP contribution in [0.3, 0.4) is 0 Å². The maximum atomic E-state index is 12.9. The molecule has 0 rings (SSSR count). The average Bonchev–Trinajstić information content (AvgIpc) is 3.39. The highest BCUT2D eigenvalue weighted by molar-refractivity contribution is 5.72. The highest BCUT2D eigenvalue weighted by Gasteiger charge is 2.19. The Hall–Kier alpha value is -4.45. The van der Waals surface area contributed by atoms with Crippen LogP contribution in [0.4, 0.5) is 0 Å². The molecule has 6 heteroatoms. The van der Waals surface area contributed by atoms with Crippen LogP contribution in [0.25, 0.3) is 0 Å². The van der Waals surface area contributed by atoms with Gasteiger partial charge in [0.1, 0.15) is 13.2 Å². The van der Waals surface area contributed by atoms with Gasteiger partial charge in [-0.1, -0.05) is 251 Å². The summed E-state index contributed by atoms with van der Waals surface area (Å²) in [5, 5.41) is 0. The van der Waals surface area contributed by atoms with Crippen LogP contribution in [0.5, 0.6) is 0 Å². The van der Waals surface area contributed by atoms with Crippen molar-refractivity contribution >= 4 is 17.9 Å². The molecule has 0 aromatic carbocycles. The van der Waals surface area contributed by atoms with Gasteiger partial charge < -0.3 is 14.2 Å². The minimum atomic E-state index is -0.830. The van der Waals surface area contributed by atoms with E-state index < -0.39 is 12.1 Å². The number of ether oxygens (including phenoxy) is 3. The van der Waals surface area contributed by atoms with Crippen molar-refractivity contribution in [1.82, 2.24) is 0 Å². The first-order chi connectivity index (χ1) is 36.0. The molecule has 6 nitrogen and oxygen atoms in total. The molecule has 0 radical (unpaired) electrons. The van der Waals surface area contributed by atoms with Gasteiger partial charge in [0.25, 0.3) is 0 Å². The molecule has 0 heterocycles. The van der Waals surface area contributed by atoms with Gasteiger partial charge in [0.05, 0.1) is 6.42 Å². The molecule has 0 aliphatic heterocycles. The van der Waals surface area contributed by atoms with Crippen LogP contribution in [-0.4, -0.2) is 37.2 Å². The Morgan fingerprint density at radius 1 is 0.301 bits per heavy atom. The third kappa shape index (κ3) is 58.3. The maximum Gasteiger partial charge on any atom is 0.309 e. The third-order valence-corrected chi connectivity index (χ3v) is 12.2. The van der Waals surface area contributed by atoms with Crippen molar-refractivity contribution in [2.75, 3.05) is 13.2 Å². The predicted octanol–water partition coefficient (Wildman–Crippen LogP) is 20.2. The van der Waals surface area contributed by atoms with Crippen molar-refractivity contribution in [3.8, 4) is 0 Å². The Bertz CT molecular complexity index is 1580. The van der Waals surface area contributed by atoms with Crippen LogP contribution in [-0.2, 0) is 28.6 Å². The fourth-order valence-corrected chi connectivity index (χ4v) is 7.77. The maximum absolute atomic E-state index is 12.9. The van der Waals surface area contributed by atoms with Gasteiger partial charge in [-0.2, -0.15) is 0 Å². The van der Waals surface area contributed by atoms with Crippen LogP contribution in [0.15, 0.2) is 134 Å². The summed E-state index contributed by atoms with van der Waals surface area (Å²) in [5.41, 5.74) is 0. The van der Waals surface area contributed by atoms with E-state index in [9.17, 15) is 14.4 Å². The van der Waals surface area contributed by atoms with Crippen LogP contribution in [0.1, 0.15) is 252 Å². The second-order valence-electron chi connectivity index (χ2n) is 19.2. The molecule has 0 aliphatic carbocycles. The van der Waals surface area contributed by atoms with E-state index in [1.54, 1.807) is 6.08 Å². The number of hydrogen-bond acceptors (Lipinski definition) is 6. The molecular weight excluding hydrogens is 901 g/mol. The van der Waals surface area contributed by atoms with Crippen LogP contribution in [0.2, 0.25) is 0 Å². The third-order valence-electron chi connectivity index (χ3n) is 12.2. The van der Waals surface area contributed by atoms with Crippen molar-refractivity contribution in [2.45, 2.75) is 258 Å². The van der Waals surface area contributed by atoms with E-state index in [-0.39, 0.29) is 31.6 Å². The van der Waals surface area contributed by atoms with E-state index in [2.05, 4.69) is 142 Å². The number of esters is 3. The predicted molar refractivity (Wildman–Crippen MR) is 316 cm³/mol. The van der Waals surface area contributed by atoms with Gasteiger partial charge in [-0.05, 0) is 116 Å². The standard InChI is InChI=1S/C67H108O6/c1-4-7-10-13-16-19-22-25-28-30-31-32-33-34-35-37-39-42-45-48-51-54-57-60-66(69)72-63-64(62-71-65(68)59-56-53-50-47-44-41-38-27-24-21-18-15-12-9-6-3)73-67(70)61-58-55-52-49-46-43-40-36-29-26-23-20-17-14-11-8-5-2/h7,9-10,12,16,18-19,21,25-29,31-32,34-35,38,44,47,53,56,64H,4-6,8,11,13-15,17,20,22-24,30,33,36-37,39-43,45-46,48-52,54-55,57-63H2,1-3H3/b10-7-,12-9-,19-16-,21-18-,28-25-,29-26-,32-31-,35-34-,38-27-,47-44-,56-53-. The van der Waals surface area contributed by atoms with Gasteiger partial charge in [-0.25, -0.2) is 0 Å². The van der Waals surface area contributed by atoms with E-state index >= 15 is 0 Å². The first-order valence-electron chi connectivity index (χ1n) is 29.7. The van der Waals surface area contributed by atoms with Crippen molar-refractivity contribution in [3.63, 3.8) is 0 Å². The number of rotatable bonds is 52. The van der Waals surface area contributed by atoms with Crippen molar-refractivity contribution in [2.24, 2.45) is 0 Å². The largest absolute Gasteiger partial charge is 0.462 e. The summed E-state index contributed by atoms with van der Waals surface area (Å²) < 4.78 is 16.8. The zero-order valence-corrected chi connectivity index (χ0v) is 47.1. The molecule has 1 atom stereocenters. The van der Waals surface area contributed by atoms with E-state index in [0.717, 1.165) is 109 Å². The number of carbonyl (C=O) groups is 3. The van der Waals surface area contributed by atoms with Crippen LogP contribution >= 0.6 is 0 Å². The van der Waals surface area contributed by atoms with Gasteiger partial charge in [0, 0.05) is 12.8 Å². The quantitative estimate of drug-likeness (QED) is 0.0261. The molecule has 0 spiro atoms. The number of carbonyl (C=O) groups excluding carboxylic acids is 3. The molecule has 0 saturated heterocycles. The lowest BCUT2D eigenvalue weighted by molar-refractivity contribution is -0.166. The minimum Gasteiger partial charge on any atom is -0.462 e. The van der Waals surface area contributed by atoms with Crippen molar-refractivity contribution in [1.29, 1.82) is 0 Å². The Balaban J connectivity index is 4.49. The van der Waals surface area contributed by atoms with Gasteiger partial charge in [0.15, 0.2) is 6.10 Å². The SMILES string of the molecule is CC/C=C\C/C=C\C/C=C\C/C=C\C/C=C\CCCCCCCCCC(=O)OCC(COC(=O)C/C=C\C/C=C\C/C=C\C/C=C\C/C=C\CC)OC(=O)CCCCCCCCC/C=C\CCCCCCCC. The lowest BCUT2D eigenvalue weighted by atomic mass is 10.1. The number of allylic oxidation sites excluding steroid dienone is 21. The lowest BCUT2D eigenvalue weighted by Crippen LogP contribution is -2.30. The fourth-order valence-electron chi connectivity index (χ4n) is 7.77. The molecule has 0 saturated carbocycles. The van der Waals surface area contributed by atoms with Gasteiger partial charge in [0.2, 0.25) is 0 Å². The van der Waals surface area contributed by atoms with Gasteiger partial charge in [-0.3, -0.25) is 14.4 Å². The van der Waals surface area contributed by atoms with Crippen molar-refractivity contribution < 1.29 is 28.6 Å². The summed E-state index contributed by atoms with van der Waals surface area (Å²) in [5.74, 6) is -1.07. The Morgan fingerprint density at radius 2 is 0.589 bits per heavy atom. The molecule has 0 aromatic heterocycles. The monoisotopic (exact) mass is 1010 g/mol. The summed E-state index contributed by atoms with van der Waals surface area (Å²) >= 11 is 0. The number of unbranched alkanes of at least 4 members (excludes halogenated alkanes) is 20. The smallest absolute Gasteiger partial charge is 0.309 e. The van der Waals surface area contributed by atoms with Crippen LogP contribution in [0, 0.1) is 0 Å². The van der Waals surface area contributed by atoms with Gasteiger partial charge >= 0.3 is 17.9 Å². The summed E-state index contributed by atoms with van der Waals surface area (Å²) in [4.78, 5) is 38.2. The second-order valence-corrected chi connectivity index (χ2v) is 19.2. The number of hydrogen-bond donors (Lipinski definition) is 0. The molecular formula is C67H108O6. The molecule has 73 heavy (non-hydrogen) atoms. The minimum absolute atomic E-state index is 0.119. The summed E-state index contributed by atoms with van der Waals surface area (Å²) in [6, 6.07) is 0. The topological polar surface area (TPSA) is 78.9 Å². The van der Waals surface area contributed by atoms with Crippen LogP contribution < -0.4 is 0 Å². The van der Waals surface area contributed by atoms with Crippen molar-refractivity contribution in [3.05, 3.63) is 134 Å². The average molecular weight is 1010 g/mol. The van der Waals surface area contributed by atoms with E-state index in [1.165, 1.54) is 103 Å². The first kappa shape index (κ1) is 68.6. The molecule has 0 bridgehead atoms. The van der Waals surface area contributed by atoms with E-state index in [4.69, 9.17) is 14.2 Å². The summed E-state index contributed by atoms with van der Waals surface area (Å²) in [6.07, 6.45) is 84.7. The molecule has 0 amide bonds. The highest BCUT2D eigenvalue weighted by Crippen LogP contribution is 2.14. The Morgan fingerprint density at radius 3 is 0.973 bits per heavy atom. The Kier molecular flexibility index (Phi) is 56.4. The molecule has 412 valence electrons. The van der Waals surface area contributed by atoms with E-state index in [1.807, 2.05) is 6.08 Å². The highest BCUT2D eigenvalue weighted by atomic mass is 16.6. The normalized spacial score (nSPS) is 13.1. The zero-order chi connectivity index (χ0) is 52.9. The molecule has 0 N–H and O–H groups in total. The summed E-state index contributed by atoms with van der Waals surface area (Å²) in [7, 11) is 0. The summed E-state index contributed by atoms with van der Waals surface area (Å²) in [6.45, 7) is 6.31.